The van der Waals surface area contributed by atoms with Crippen LogP contribution in [0.3, 0.4) is 0 Å². The number of carboxylic acids is 1. The number of anilines is 1. The number of aromatic nitrogens is 3. The Morgan fingerprint density at radius 1 is 0.939 bits per heavy atom. The van der Waals surface area contributed by atoms with Crippen LogP contribution in [-0.4, -0.2) is 38.7 Å². The van der Waals surface area contributed by atoms with Crippen molar-refractivity contribution in [3.05, 3.63) is 103 Å². The highest BCUT2D eigenvalue weighted by Crippen LogP contribution is 2.22. The number of rotatable bonds is 10. The SMILES string of the molecule is O=C(O)C(Cc1ccccn1)Nc1cc(-c2ccc(OCCc3ccccc3)cc2)ncn1. The smallest absolute Gasteiger partial charge is 0.326 e. The van der Waals surface area contributed by atoms with Crippen LogP contribution in [0.4, 0.5) is 5.82 Å². The van der Waals surface area contributed by atoms with E-state index in [0.717, 1.165) is 17.7 Å². The van der Waals surface area contributed by atoms with E-state index in [1.54, 1.807) is 24.4 Å². The van der Waals surface area contributed by atoms with Crippen molar-refractivity contribution in [1.82, 2.24) is 15.0 Å². The van der Waals surface area contributed by atoms with E-state index in [9.17, 15) is 9.90 Å². The van der Waals surface area contributed by atoms with Crippen molar-refractivity contribution >= 4 is 11.8 Å². The summed E-state index contributed by atoms with van der Waals surface area (Å²) < 4.78 is 5.84. The fourth-order valence-corrected chi connectivity index (χ4v) is 3.35. The first kappa shape index (κ1) is 22.0. The number of pyridine rings is 1. The van der Waals surface area contributed by atoms with Crippen LogP contribution in [0.25, 0.3) is 11.3 Å². The maximum atomic E-state index is 11.7. The second-order valence-electron chi connectivity index (χ2n) is 7.46. The maximum absolute atomic E-state index is 11.7. The minimum Gasteiger partial charge on any atom is -0.493 e. The molecule has 2 heterocycles. The molecule has 0 aliphatic rings. The van der Waals surface area contributed by atoms with Gasteiger partial charge < -0.3 is 15.2 Å². The van der Waals surface area contributed by atoms with E-state index < -0.39 is 12.0 Å². The molecular weight excluding hydrogens is 416 g/mol. The van der Waals surface area contributed by atoms with Gasteiger partial charge in [0.1, 0.15) is 23.9 Å². The molecule has 2 N–H and O–H groups in total. The molecule has 7 heteroatoms. The number of ether oxygens (including phenoxy) is 1. The van der Waals surface area contributed by atoms with Crippen LogP contribution in [0.15, 0.2) is 91.4 Å². The number of hydrogen-bond donors (Lipinski definition) is 2. The van der Waals surface area contributed by atoms with Gasteiger partial charge in [-0.3, -0.25) is 4.98 Å². The largest absolute Gasteiger partial charge is 0.493 e. The lowest BCUT2D eigenvalue weighted by molar-refractivity contribution is -0.137. The molecule has 0 radical (unpaired) electrons. The molecule has 4 rings (SSSR count). The molecule has 0 amide bonds. The predicted octanol–water partition coefficient (Wildman–Crippen LogP) is 4.27. The van der Waals surface area contributed by atoms with Gasteiger partial charge in [-0.25, -0.2) is 14.8 Å². The fourth-order valence-electron chi connectivity index (χ4n) is 3.35. The normalized spacial score (nSPS) is 11.5. The first-order chi connectivity index (χ1) is 16.2. The Bertz CT molecular complexity index is 1170. The van der Waals surface area contributed by atoms with E-state index >= 15 is 0 Å². The third-order valence-electron chi connectivity index (χ3n) is 5.08. The van der Waals surface area contributed by atoms with Gasteiger partial charge in [0.25, 0.3) is 0 Å². The highest BCUT2D eigenvalue weighted by Gasteiger charge is 2.19. The minimum atomic E-state index is -0.974. The lowest BCUT2D eigenvalue weighted by Gasteiger charge is -2.15. The molecule has 1 atom stereocenters. The summed E-state index contributed by atoms with van der Waals surface area (Å²) in [4.78, 5) is 24.4. The lowest BCUT2D eigenvalue weighted by atomic mass is 10.1. The molecule has 0 aliphatic carbocycles. The van der Waals surface area contributed by atoms with E-state index in [1.807, 2.05) is 48.5 Å². The van der Waals surface area contributed by atoms with Gasteiger partial charge in [0.15, 0.2) is 0 Å². The molecule has 4 aromatic rings. The van der Waals surface area contributed by atoms with Crippen LogP contribution in [0.5, 0.6) is 5.75 Å². The lowest BCUT2D eigenvalue weighted by Crippen LogP contribution is -2.32. The second kappa shape index (κ2) is 10.9. The molecule has 0 aliphatic heterocycles. The number of nitrogens with zero attached hydrogens (tertiary/aromatic N) is 3. The summed E-state index contributed by atoms with van der Waals surface area (Å²) in [5.74, 6) is 0.243. The van der Waals surface area contributed by atoms with Crippen molar-refractivity contribution in [2.75, 3.05) is 11.9 Å². The monoisotopic (exact) mass is 440 g/mol. The number of nitrogens with one attached hydrogen (secondary N) is 1. The Labute approximate surface area is 192 Å². The first-order valence-electron chi connectivity index (χ1n) is 10.7. The molecule has 0 fully saturated rings. The highest BCUT2D eigenvalue weighted by molar-refractivity contribution is 5.77. The summed E-state index contributed by atoms with van der Waals surface area (Å²) in [5, 5.41) is 12.6. The average Bonchev–Trinajstić information content (AvgIpc) is 2.85. The predicted molar refractivity (Wildman–Crippen MR) is 126 cm³/mol. The number of benzene rings is 2. The molecule has 0 spiro atoms. The van der Waals surface area contributed by atoms with Crippen molar-refractivity contribution in [3.63, 3.8) is 0 Å². The van der Waals surface area contributed by atoms with Gasteiger partial charge in [-0.15, -0.1) is 0 Å². The Kier molecular flexibility index (Phi) is 7.22. The van der Waals surface area contributed by atoms with Gasteiger partial charge in [0, 0.05) is 36.4 Å². The quantitative estimate of drug-likeness (QED) is 0.380. The molecule has 0 saturated carbocycles. The third-order valence-corrected chi connectivity index (χ3v) is 5.08. The summed E-state index contributed by atoms with van der Waals surface area (Å²) in [5.41, 5.74) is 3.49. The Morgan fingerprint density at radius 3 is 2.45 bits per heavy atom. The number of carboxylic acid groups (broad SMARTS) is 1. The molecule has 7 nitrogen and oxygen atoms in total. The standard InChI is InChI=1S/C26H24N4O3/c31-26(32)24(16-21-8-4-5-14-27-21)30-25-17-23(28-18-29-25)20-9-11-22(12-10-20)33-15-13-19-6-2-1-3-7-19/h1-12,14,17-18,24H,13,15-16H2,(H,31,32)(H,28,29,30). The zero-order chi connectivity index (χ0) is 22.9. The molecule has 33 heavy (non-hydrogen) atoms. The van der Waals surface area contributed by atoms with Gasteiger partial charge >= 0.3 is 5.97 Å². The zero-order valence-electron chi connectivity index (χ0n) is 18.0. The maximum Gasteiger partial charge on any atom is 0.326 e. The molecular formula is C26H24N4O3. The van der Waals surface area contributed by atoms with Gasteiger partial charge in [0.2, 0.25) is 0 Å². The molecule has 0 bridgehead atoms. The van der Waals surface area contributed by atoms with Gasteiger partial charge in [0.05, 0.1) is 12.3 Å². The van der Waals surface area contributed by atoms with Crippen LogP contribution in [0, 0.1) is 0 Å². The first-order valence-corrected chi connectivity index (χ1v) is 10.7. The number of carbonyl (C=O) groups is 1. The summed E-state index contributed by atoms with van der Waals surface area (Å²) in [6, 6.07) is 24.2. The van der Waals surface area contributed by atoms with E-state index in [0.29, 0.717) is 23.8 Å². The zero-order valence-corrected chi connectivity index (χ0v) is 18.0. The van der Waals surface area contributed by atoms with Gasteiger partial charge in [-0.2, -0.15) is 0 Å². The summed E-state index contributed by atoms with van der Waals surface area (Å²) in [6.07, 6.45) is 4.14. The molecule has 2 aromatic heterocycles. The van der Waals surface area contributed by atoms with Gasteiger partial charge in [-0.1, -0.05) is 36.4 Å². The van der Waals surface area contributed by atoms with Gasteiger partial charge in [-0.05, 0) is 42.0 Å². The van der Waals surface area contributed by atoms with Crippen LogP contribution >= 0.6 is 0 Å². The van der Waals surface area contributed by atoms with E-state index in [1.165, 1.54) is 11.9 Å². The van der Waals surface area contributed by atoms with E-state index in [4.69, 9.17) is 4.74 Å². The topological polar surface area (TPSA) is 97.2 Å². The van der Waals surface area contributed by atoms with Crippen LogP contribution in [-0.2, 0) is 17.6 Å². The number of aliphatic carboxylic acids is 1. The van der Waals surface area contributed by atoms with Crippen molar-refractivity contribution in [1.29, 1.82) is 0 Å². The average molecular weight is 441 g/mol. The van der Waals surface area contributed by atoms with E-state index in [-0.39, 0.29) is 6.42 Å². The molecule has 2 aromatic carbocycles. The van der Waals surface area contributed by atoms with Crippen LogP contribution < -0.4 is 10.1 Å². The van der Waals surface area contributed by atoms with Crippen molar-refractivity contribution in [2.45, 2.75) is 18.9 Å². The number of hydrogen-bond acceptors (Lipinski definition) is 6. The van der Waals surface area contributed by atoms with Crippen molar-refractivity contribution < 1.29 is 14.6 Å². The molecule has 0 saturated heterocycles. The summed E-state index contributed by atoms with van der Waals surface area (Å²) in [7, 11) is 0. The second-order valence-corrected chi connectivity index (χ2v) is 7.46. The third kappa shape index (κ3) is 6.36. The minimum absolute atomic E-state index is 0.241. The van der Waals surface area contributed by atoms with E-state index in [2.05, 4.69) is 32.4 Å². The highest BCUT2D eigenvalue weighted by atomic mass is 16.5. The Morgan fingerprint density at radius 2 is 1.73 bits per heavy atom. The summed E-state index contributed by atoms with van der Waals surface area (Å²) in [6.45, 7) is 0.595. The Balaban J connectivity index is 1.38. The molecule has 1 unspecified atom stereocenters. The molecule has 166 valence electrons. The fraction of sp³-hybridized carbons (Fsp3) is 0.154. The Hall–Kier alpha value is -4.26. The van der Waals surface area contributed by atoms with Crippen LogP contribution in [0.1, 0.15) is 11.3 Å². The van der Waals surface area contributed by atoms with Crippen LogP contribution in [0.2, 0.25) is 0 Å². The van der Waals surface area contributed by atoms with Crippen molar-refractivity contribution in [2.24, 2.45) is 0 Å². The van der Waals surface area contributed by atoms with Crippen molar-refractivity contribution in [3.8, 4) is 17.0 Å². The summed E-state index contributed by atoms with van der Waals surface area (Å²) >= 11 is 0.